The fourth-order valence-electron chi connectivity index (χ4n) is 3.33. The van der Waals surface area contributed by atoms with Crippen molar-refractivity contribution in [2.75, 3.05) is 18.0 Å². The van der Waals surface area contributed by atoms with Gasteiger partial charge in [-0.3, -0.25) is 0 Å². The molecule has 0 bridgehead atoms. The van der Waals surface area contributed by atoms with Gasteiger partial charge in [0.05, 0.1) is 0 Å². The monoisotopic (exact) mass is 314 g/mol. The van der Waals surface area contributed by atoms with Crippen LogP contribution in [0.1, 0.15) is 32.9 Å². The van der Waals surface area contributed by atoms with Crippen molar-refractivity contribution in [1.82, 2.24) is 4.98 Å². The number of aromatic carboxylic acids is 1. The molecular formula is C17H18N2O2S. The van der Waals surface area contributed by atoms with E-state index in [2.05, 4.69) is 17.0 Å². The zero-order chi connectivity index (χ0) is 15.3. The highest BCUT2D eigenvalue weighted by Gasteiger charge is 2.45. The van der Waals surface area contributed by atoms with Crippen LogP contribution in [0.5, 0.6) is 0 Å². The van der Waals surface area contributed by atoms with E-state index in [1.165, 1.54) is 23.3 Å². The van der Waals surface area contributed by atoms with E-state index in [0.717, 1.165) is 48.4 Å². The lowest BCUT2D eigenvalue weighted by Crippen LogP contribution is -2.23. The normalized spacial score (nSPS) is 22.7. The van der Waals surface area contributed by atoms with E-state index in [1.54, 1.807) is 6.07 Å². The first kappa shape index (κ1) is 13.8. The molecule has 4 rings (SSSR count). The standard InChI is InChI=1S/C17H18N2O2S/c1-10-12(4-11-5-15(17(20)21)22-9-11)2-3-16(18-10)19-7-13-6-14(13)8-19/h2-3,5,9,13-14H,4,6-8H2,1H3,(H,20,21). The summed E-state index contributed by atoms with van der Waals surface area (Å²) in [7, 11) is 0. The molecule has 1 N–H and O–H groups in total. The molecule has 2 atom stereocenters. The number of carboxylic acids is 1. The number of hydrogen-bond acceptors (Lipinski definition) is 4. The van der Waals surface area contributed by atoms with Crippen LogP contribution in [-0.2, 0) is 6.42 Å². The molecule has 0 amide bonds. The van der Waals surface area contributed by atoms with Gasteiger partial charge >= 0.3 is 5.97 Å². The maximum absolute atomic E-state index is 10.9. The van der Waals surface area contributed by atoms with E-state index in [9.17, 15) is 4.79 Å². The van der Waals surface area contributed by atoms with Gasteiger partial charge < -0.3 is 10.0 Å². The van der Waals surface area contributed by atoms with Crippen molar-refractivity contribution >= 4 is 23.1 Å². The van der Waals surface area contributed by atoms with Gasteiger partial charge in [-0.1, -0.05) is 6.07 Å². The summed E-state index contributed by atoms with van der Waals surface area (Å²) in [6, 6.07) is 6.01. The van der Waals surface area contributed by atoms with Crippen LogP contribution in [0.2, 0.25) is 0 Å². The molecule has 2 aliphatic rings. The van der Waals surface area contributed by atoms with Crippen molar-refractivity contribution in [3.8, 4) is 0 Å². The first-order valence-corrected chi connectivity index (χ1v) is 8.50. The van der Waals surface area contributed by atoms with Gasteiger partial charge in [0.25, 0.3) is 0 Å². The number of hydrogen-bond donors (Lipinski definition) is 1. The number of thiophene rings is 1. The second kappa shape index (κ2) is 5.09. The van der Waals surface area contributed by atoms with Crippen molar-refractivity contribution in [2.24, 2.45) is 11.8 Å². The van der Waals surface area contributed by atoms with E-state index in [0.29, 0.717) is 4.88 Å². The lowest BCUT2D eigenvalue weighted by atomic mass is 10.1. The first-order valence-electron chi connectivity index (χ1n) is 7.62. The molecular weight excluding hydrogens is 296 g/mol. The van der Waals surface area contributed by atoms with Gasteiger partial charge in [-0.05, 0) is 53.8 Å². The Morgan fingerprint density at radius 2 is 2.18 bits per heavy atom. The fourth-order valence-corrected chi connectivity index (χ4v) is 4.08. The van der Waals surface area contributed by atoms with E-state index in [1.807, 2.05) is 12.3 Å². The summed E-state index contributed by atoms with van der Waals surface area (Å²) in [5.41, 5.74) is 3.26. The highest BCUT2D eigenvalue weighted by atomic mass is 32.1. The van der Waals surface area contributed by atoms with Gasteiger partial charge in [-0.15, -0.1) is 11.3 Å². The minimum absolute atomic E-state index is 0.397. The molecule has 0 aromatic carbocycles. The smallest absolute Gasteiger partial charge is 0.345 e. The number of anilines is 1. The van der Waals surface area contributed by atoms with Crippen LogP contribution < -0.4 is 4.90 Å². The maximum atomic E-state index is 10.9. The molecule has 4 nitrogen and oxygen atoms in total. The van der Waals surface area contributed by atoms with Gasteiger partial charge in [-0.2, -0.15) is 0 Å². The Hall–Kier alpha value is -1.88. The molecule has 1 aliphatic heterocycles. The molecule has 2 aromatic rings. The zero-order valence-corrected chi connectivity index (χ0v) is 13.3. The van der Waals surface area contributed by atoms with Gasteiger partial charge in [0.2, 0.25) is 0 Å². The van der Waals surface area contributed by atoms with Crippen molar-refractivity contribution in [2.45, 2.75) is 19.8 Å². The van der Waals surface area contributed by atoms with Gasteiger partial charge in [0.15, 0.2) is 0 Å². The number of fused-ring (bicyclic) bond motifs is 1. The summed E-state index contributed by atoms with van der Waals surface area (Å²) in [6.07, 6.45) is 2.14. The number of aryl methyl sites for hydroxylation is 1. The summed E-state index contributed by atoms with van der Waals surface area (Å²) in [6.45, 7) is 4.35. The van der Waals surface area contributed by atoms with E-state index >= 15 is 0 Å². The predicted molar refractivity (Wildman–Crippen MR) is 86.9 cm³/mol. The van der Waals surface area contributed by atoms with Crippen LogP contribution in [-0.4, -0.2) is 29.1 Å². The maximum Gasteiger partial charge on any atom is 0.345 e. The average Bonchev–Trinajstić information content (AvgIpc) is 2.89. The van der Waals surface area contributed by atoms with E-state index < -0.39 is 5.97 Å². The summed E-state index contributed by atoms with van der Waals surface area (Å²) in [5.74, 6) is 2.04. The van der Waals surface area contributed by atoms with Crippen LogP contribution in [0.25, 0.3) is 0 Å². The van der Waals surface area contributed by atoms with E-state index in [-0.39, 0.29) is 0 Å². The minimum Gasteiger partial charge on any atom is -0.477 e. The number of aromatic nitrogens is 1. The van der Waals surface area contributed by atoms with Gasteiger partial charge in [0, 0.05) is 25.2 Å². The van der Waals surface area contributed by atoms with Crippen LogP contribution >= 0.6 is 11.3 Å². The summed E-state index contributed by atoms with van der Waals surface area (Å²) in [5, 5.41) is 10.9. The minimum atomic E-state index is -0.853. The number of piperidine rings is 1. The first-order chi connectivity index (χ1) is 10.6. The number of pyridine rings is 1. The van der Waals surface area contributed by atoms with Crippen molar-refractivity contribution < 1.29 is 9.90 Å². The second-order valence-electron chi connectivity index (χ2n) is 6.38. The Labute approximate surface area is 133 Å². The third-order valence-corrected chi connectivity index (χ3v) is 5.71. The van der Waals surface area contributed by atoms with Crippen molar-refractivity contribution in [3.63, 3.8) is 0 Å². The Bertz CT molecular complexity index is 730. The quantitative estimate of drug-likeness (QED) is 0.941. The van der Waals surface area contributed by atoms with Crippen LogP contribution in [0.3, 0.4) is 0 Å². The van der Waals surface area contributed by atoms with Gasteiger partial charge in [-0.25, -0.2) is 9.78 Å². The molecule has 1 saturated carbocycles. The third-order valence-electron chi connectivity index (χ3n) is 4.74. The molecule has 0 radical (unpaired) electrons. The molecule has 2 fully saturated rings. The summed E-state index contributed by atoms with van der Waals surface area (Å²) in [4.78, 5) is 18.5. The topological polar surface area (TPSA) is 53.4 Å². The van der Waals surface area contributed by atoms with E-state index in [4.69, 9.17) is 10.1 Å². The lowest BCUT2D eigenvalue weighted by Gasteiger charge is -2.20. The van der Waals surface area contributed by atoms with Crippen LogP contribution in [0, 0.1) is 18.8 Å². The second-order valence-corrected chi connectivity index (χ2v) is 7.29. The number of carboxylic acid groups (broad SMARTS) is 1. The number of nitrogens with zero attached hydrogens (tertiary/aromatic N) is 2. The van der Waals surface area contributed by atoms with Crippen LogP contribution in [0.15, 0.2) is 23.6 Å². The molecule has 22 heavy (non-hydrogen) atoms. The molecule has 2 unspecified atom stereocenters. The number of rotatable bonds is 4. The highest BCUT2D eigenvalue weighted by Crippen LogP contribution is 2.45. The number of carbonyl (C=O) groups is 1. The predicted octanol–water partition coefficient (Wildman–Crippen LogP) is 3.20. The Morgan fingerprint density at radius 1 is 1.41 bits per heavy atom. The Morgan fingerprint density at radius 3 is 2.82 bits per heavy atom. The van der Waals surface area contributed by atoms with Crippen molar-refractivity contribution in [1.29, 1.82) is 0 Å². The summed E-state index contributed by atoms with van der Waals surface area (Å²) >= 11 is 1.28. The molecule has 3 heterocycles. The SMILES string of the molecule is Cc1nc(N2CC3CC3C2)ccc1Cc1csc(C(=O)O)c1. The molecule has 1 saturated heterocycles. The molecule has 5 heteroatoms. The largest absolute Gasteiger partial charge is 0.477 e. The molecule has 2 aromatic heterocycles. The third kappa shape index (κ3) is 2.50. The van der Waals surface area contributed by atoms with Crippen molar-refractivity contribution in [3.05, 3.63) is 45.3 Å². The Kier molecular flexibility index (Phi) is 3.18. The lowest BCUT2D eigenvalue weighted by molar-refractivity contribution is 0.0702. The highest BCUT2D eigenvalue weighted by molar-refractivity contribution is 7.12. The molecule has 1 aliphatic carbocycles. The average molecular weight is 314 g/mol. The molecule has 0 spiro atoms. The van der Waals surface area contributed by atoms with Gasteiger partial charge in [0.1, 0.15) is 10.7 Å². The summed E-state index contributed by atoms with van der Waals surface area (Å²) < 4.78 is 0. The zero-order valence-electron chi connectivity index (χ0n) is 12.5. The fraction of sp³-hybridized carbons (Fsp3) is 0.412. The molecule has 114 valence electrons. The Balaban J connectivity index is 1.50. The van der Waals surface area contributed by atoms with Crippen LogP contribution in [0.4, 0.5) is 5.82 Å².